The molecule has 1 fully saturated rings. The highest BCUT2D eigenvalue weighted by Gasteiger charge is 2.29. The SMILES string of the molecule is Nc1nc2ccc(F)c(F)c2n1C1CC1. The van der Waals surface area contributed by atoms with E-state index >= 15 is 0 Å². The van der Waals surface area contributed by atoms with Crippen molar-refractivity contribution < 1.29 is 8.78 Å². The van der Waals surface area contributed by atoms with Crippen molar-refractivity contribution in [1.29, 1.82) is 0 Å². The van der Waals surface area contributed by atoms with Gasteiger partial charge in [-0.2, -0.15) is 0 Å². The zero-order valence-corrected chi connectivity index (χ0v) is 7.87. The summed E-state index contributed by atoms with van der Waals surface area (Å²) < 4.78 is 28.2. The molecule has 1 aromatic heterocycles. The molecule has 2 aromatic rings. The van der Waals surface area contributed by atoms with E-state index in [9.17, 15) is 8.78 Å². The molecule has 0 unspecified atom stereocenters. The standard InChI is InChI=1S/C10H9F2N3/c11-6-3-4-7-9(8(6)12)15(5-1-2-5)10(13)14-7/h3-5H,1-2H2,(H2,13,14). The van der Waals surface area contributed by atoms with Crippen LogP contribution in [0.25, 0.3) is 11.0 Å². The van der Waals surface area contributed by atoms with Crippen LogP contribution in [0.5, 0.6) is 0 Å². The second kappa shape index (κ2) is 2.68. The number of nitrogens with two attached hydrogens (primary N) is 1. The van der Waals surface area contributed by atoms with E-state index in [1.54, 1.807) is 4.57 Å². The maximum atomic E-state index is 13.6. The van der Waals surface area contributed by atoms with Crippen LogP contribution in [0.4, 0.5) is 14.7 Å². The molecule has 1 aliphatic carbocycles. The lowest BCUT2D eigenvalue weighted by Gasteiger charge is -2.04. The van der Waals surface area contributed by atoms with E-state index in [1.807, 2.05) is 0 Å². The van der Waals surface area contributed by atoms with E-state index in [-0.39, 0.29) is 17.5 Å². The van der Waals surface area contributed by atoms with Crippen LogP contribution < -0.4 is 5.73 Å². The highest BCUT2D eigenvalue weighted by molar-refractivity contribution is 5.79. The van der Waals surface area contributed by atoms with Gasteiger partial charge in [-0.15, -0.1) is 0 Å². The molecule has 0 atom stereocenters. The van der Waals surface area contributed by atoms with Gasteiger partial charge < -0.3 is 10.3 Å². The topological polar surface area (TPSA) is 43.8 Å². The minimum Gasteiger partial charge on any atom is -0.369 e. The van der Waals surface area contributed by atoms with Crippen LogP contribution in [0.2, 0.25) is 0 Å². The first-order valence-corrected chi connectivity index (χ1v) is 4.80. The minimum atomic E-state index is -0.858. The molecule has 2 N–H and O–H groups in total. The highest BCUT2D eigenvalue weighted by atomic mass is 19.2. The summed E-state index contributed by atoms with van der Waals surface area (Å²) in [4.78, 5) is 4.01. The van der Waals surface area contributed by atoms with Gasteiger partial charge in [0.25, 0.3) is 0 Å². The van der Waals surface area contributed by atoms with Crippen molar-refractivity contribution >= 4 is 17.0 Å². The van der Waals surface area contributed by atoms with E-state index in [0.717, 1.165) is 18.9 Å². The Bertz CT molecular complexity index is 543. The average molecular weight is 209 g/mol. The molecule has 1 aromatic carbocycles. The van der Waals surface area contributed by atoms with Crippen molar-refractivity contribution in [2.75, 3.05) is 5.73 Å². The predicted molar refractivity (Wildman–Crippen MR) is 52.3 cm³/mol. The Kier molecular flexibility index (Phi) is 1.55. The number of anilines is 1. The second-order valence-corrected chi connectivity index (χ2v) is 3.80. The maximum absolute atomic E-state index is 13.6. The Morgan fingerprint density at radius 1 is 1.33 bits per heavy atom. The molecule has 3 nitrogen and oxygen atoms in total. The molecule has 1 aliphatic rings. The lowest BCUT2D eigenvalue weighted by molar-refractivity contribution is 0.511. The van der Waals surface area contributed by atoms with E-state index in [4.69, 9.17) is 5.73 Å². The molecule has 78 valence electrons. The van der Waals surface area contributed by atoms with E-state index in [2.05, 4.69) is 4.98 Å². The number of imidazole rings is 1. The summed E-state index contributed by atoms with van der Waals surface area (Å²) in [5.74, 6) is -1.45. The molecule has 0 amide bonds. The van der Waals surface area contributed by atoms with Crippen LogP contribution in [0.3, 0.4) is 0 Å². The summed E-state index contributed by atoms with van der Waals surface area (Å²) in [5, 5.41) is 0. The smallest absolute Gasteiger partial charge is 0.201 e. The molecule has 1 saturated carbocycles. The fourth-order valence-electron chi connectivity index (χ4n) is 1.84. The zero-order chi connectivity index (χ0) is 10.6. The van der Waals surface area contributed by atoms with Gasteiger partial charge in [0.15, 0.2) is 11.6 Å². The Labute approximate surface area is 84.5 Å². The molecule has 0 saturated heterocycles. The quantitative estimate of drug-likeness (QED) is 0.782. The Balaban J connectivity index is 2.40. The van der Waals surface area contributed by atoms with Gasteiger partial charge in [0, 0.05) is 6.04 Å². The number of hydrogen-bond acceptors (Lipinski definition) is 2. The molecule has 1 heterocycles. The number of aromatic nitrogens is 2. The highest BCUT2D eigenvalue weighted by Crippen LogP contribution is 2.40. The summed E-state index contributed by atoms with van der Waals surface area (Å²) in [6.45, 7) is 0. The number of hydrogen-bond donors (Lipinski definition) is 1. The summed E-state index contributed by atoms with van der Waals surface area (Å²) in [6, 6.07) is 2.70. The first kappa shape index (κ1) is 8.64. The lowest BCUT2D eigenvalue weighted by atomic mass is 10.3. The molecule has 0 bridgehead atoms. The number of benzene rings is 1. The minimum absolute atomic E-state index is 0.186. The molecule has 5 heteroatoms. The number of fused-ring (bicyclic) bond motifs is 1. The van der Waals surface area contributed by atoms with Gasteiger partial charge >= 0.3 is 0 Å². The molecular weight excluding hydrogens is 200 g/mol. The van der Waals surface area contributed by atoms with Crippen molar-refractivity contribution in [3.05, 3.63) is 23.8 Å². The Hall–Kier alpha value is -1.65. The number of rotatable bonds is 1. The van der Waals surface area contributed by atoms with Gasteiger partial charge in [-0.1, -0.05) is 0 Å². The normalized spacial score (nSPS) is 16.1. The van der Waals surface area contributed by atoms with Crippen LogP contribution in [0.15, 0.2) is 12.1 Å². The van der Waals surface area contributed by atoms with Gasteiger partial charge in [-0.25, -0.2) is 13.8 Å². The molecule has 0 radical (unpaired) electrons. The number of nitrogen functional groups attached to an aromatic ring is 1. The van der Waals surface area contributed by atoms with Gasteiger partial charge in [0.2, 0.25) is 5.95 Å². The predicted octanol–water partition coefficient (Wildman–Crippen LogP) is 2.23. The average Bonchev–Trinajstić information content (AvgIpc) is 2.97. The van der Waals surface area contributed by atoms with E-state index in [1.165, 1.54) is 6.07 Å². The lowest BCUT2D eigenvalue weighted by Crippen LogP contribution is -2.02. The van der Waals surface area contributed by atoms with Gasteiger partial charge in [-0.3, -0.25) is 0 Å². The Morgan fingerprint density at radius 3 is 2.73 bits per heavy atom. The van der Waals surface area contributed by atoms with Crippen LogP contribution in [0.1, 0.15) is 18.9 Å². The van der Waals surface area contributed by atoms with Crippen LogP contribution in [-0.4, -0.2) is 9.55 Å². The maximum Gasteiger partial charge on any atom is 0.201 e. The third kappa shape index (κ3) is 1.12. The van der Waals surface area contributed by atoms with Crippen LogP contribution in [-0.2, 0) is 0 Å². The van der Waals surface area contributed by atoms with Gasteiger partial charge in [-0.05, 0) is 25.0 Å². The van der Waals surface area contributed by atoms with Crippen LogP contribution in [0, 0.1) is 11.6 Å². The summed E-state index contributed by atoms with van der Waals surface area (Å²) in [5.41, 5.74) is 6.28. The summed E-state index contributed by atoms with van der Waals surface area (Å²) in [6.07, 6.45) is 1.90. The van der Waals surface area contributed by atoms with Crippen molar-refractivity contribution in [3.63, 3.8) is 0 Å². The van der Waals surface area contributed by atoms with Gasteiger partial charge in [0.1, 0.15) is 5.52 Å². The third-order valence-electron chi connectivity index (χ3n) is 2.68. The van der Waals surface area contributed by atoms with Crippen molar-refractivity contribution in [1.82, 2.24) is 9.55 Å². The molecule has 15 heavy (non-hydrogen) atoms. The summed E-state index contributed by atoms with van der Waals surface area (Å²) in [7, 11) is 0. The fraction of sp³-hybridized carbons (Fsp3) is 0.300. The van der Waals surface area contributed by atoms with E-state index < -0.39 is 11.6 Å². The van der Waals surface area contributed by atoms with Crippen LogP contribution >= 0.6 is 0 Å². The molecular formula is C10H9F2N3. The fourth-order valence-corrected chi connectivity index (χ4v) is 1.84. The van der Waals surface area contributed by atoms with Crippen molar-refractivity contribution in [2.24, 2.45) is 0 Å². The molecule has 3 rings (SSSR count). The monoisotopic (exact) mass is 209 g/mol. The van der Waals surface area contributed by atoms with Crippen molar-refractivity contribution in [2.45, 2.75) is 18.9 Å². The van der Waals surface area contributed by atoms with Gasteiger partial charge in [0.05, 0.1) is 5.52 Å². The summed E-state index contributed by atoms with van der Waals surface area (Å²) >= 11 is 0. The first-order chi connectivity index (χ1) is 7.18. The Morgan fingerprint density at radius 2 is 2.07 bits per heavy atom. The second-order valence-electron chi connectivity index (χ2n) is 3.80. The third-order valence-corrected chi connectivity index (χ3v) is 2.68. The molecule has 0 aliphatic heterocycles. The number of nitrogens with zero attached hydrogens (tertiary/aromatic N) is 2. The largest absolute Gasteiger partial charge is 0.369 e. The van der Waals surface area contributed by atoms with Crippen molar-refractivity contribution in [3.8, 4) is 0 Å². The zero-order valence-electron chi connectivity index (χ0n) is 7.87. The molecule has 0 spiro atoms. The first-order valence-electron chi connectivity index (χ1n) is 4.80. The van der Waals surface area contributed by atoms with E-state index in [0.29, 0.717) is 5.52 Å². The number of halogens is 2.